The molecular formula is C20H25N3O3. The molecule has 0 saturated heterocycles. The van der Waals surface area contributed by atoms with E-state index in [2.05, 4.69) is 39.8 Å². The zero-order valence-electron chi connectivity index (χ0n) is 15.2. The van der Waals surface area contributed by atoms with Crippen molar-refractivity contribution in [1.29, 1.82) is 0 Å². The molecule has 0 atom stereocenters. The lowest BCUT2D eigenvalue weighted by atomic mass is 10.00. The highest BCUT2D eigenvalue weighted by molar-refractivity contribution is 5.89. The topological polar surface area (TPSA) is 62.8 Å². The van der Waals surface area contributed by atoms with E-state index in [4.69, 9.17) is 9.47 Å². The zero-order valence-corrected chi connectivity index (χ0v) is 15.2. The molecule has 2 amide bonds. The lowest BCUT2D eigenvalue weighted by Crippen LogP contribution is -2.39. The van der Waals surface area contributed by atoms with Crippen LogP contribution in [-0.4, -0.2) is 44.8 Å². The maximum atomic E-state index is 12.1. The van der Waals surface area contributed by atoms with E-state index in [-0.39, 0.29) is 6.03 Å². The number of benzene rings is 2. The second-order valence-corrected chi connectivity index (χ2v) is 6.25. The molecule has 26 heavy (non-hydrogen) atoms. The zero-order chi connectivity index (χ0) is 18.4. The van der Waals surface area contributed by atoms with Gasteiger partial charge in [-0.25, -0.2) is 4.79 Å². The highest BCUT2D eigenvalue weighted by atomic mass is 16.5. The van der Waals surface area contributed by atoms with Gasteiger partial charge >= 0.3 is 6.03 Å². The summed E-state index contributed by atoms with van der Waals surface area (Å²) in [5.41, 5.74) is 3.48. The molecule has 6 heteroatoms. The number of urea groups is 1. The lowest BCUT2D eigenvalue weighted by Gasteiger charge is -2.28. The molecule has 138 valence electrons. The molecule has 2 aromatic carbocycles. The highest BCUT2D eigenvalue weighted by Crippen LogP contribution is 2.29. The van der Waals surface area contributed by atoms with Gasteiger partial charge in [-0.3, -0.25) is 4.90 Å². The fourth-order valence-corrected chi connectivity index (χ4v) is 3.16. The van der Waals surface area contributed by atoms with Gasteiger partial charge in [-0.2, -0.15) is 0 Å². The van der Waals surface area contributed by atoms with E-state index in [1.807, 2.05) is 0 Å². The molecule has 1 aliphatic rings. The lowest BCUT2D eigenvalue weighted by molar-refractivity contribution is 0.239. The van der Waals surface area contributed by atoms with Gasteiger partial charge in [0.2, 0.25) is 0 Å². The van der Waals surface area contributed by atoms with Crippen molar-refractivity contribution in [3.05, 3.63) is 53.6 Å². The molecule has 0 aromatic heterocycles. The number of carbonyl (C=O) groups excluding carboxylic acids is 1. The van der Waals surface area contributed by atoms with E-state index in [0.717, 1.165) is 26.1 Å². The van der Waals surface area contributed by atoms with Gasteiger partial charge in [0.25, 0.3) is 0 Å². The van der Waals surface area contributed by atoms with Crippen molar-refractivity contribution < 1.29 is 14.3 Å². The van der Waals surface area contributed by atoms with E-state index in [1.54, 1.807) is 32.4 Å². The largest absolute Gasteiger partial charge is 0.493 e. The Balaban J connectivity index is 1.45. The van der Waals surface area contributed by atoms with Crippen molar-refractivity contribution in [2.75, 3.05) is 39.2 Å². The summed E-state index contributed by atoms with van der Waals surface area (Å²) < 4.78 is 10.4. The number of nitrogens with zero attached hydrogens (tertiary/aromatic N) is 1. The average Bonchev–Trinajstić information content (AvgIpc) is 2.67. The monoisotopic (exact) mass is 355 g/mol. The molecule has 0 radical (unpaired) electrons. The molecule has 1 aliphatic heterocycles. The van der Waals surface area contributed by atoms with Crippen LogP contribution in [0.15, 0.2) is 42.5 Å². The van der Waals surface area contributed by atoms with Crippen molar-refractivity contribution in [1.82, 2.24) is 10.2 Å². The van der Waals surface area contributed by atoms with Gasteiger partial charge in [-0.05, 0) is 29.7 Å². The summed E-state index contributed by atoms with van der Waals surface area (Å²) in [6.07, 6.45) is 1.06. The predicted molar refractivity (Wildman–Crippen MR) is 102 cm³/mol. The minimum absolute atomic E-state index is 0.227. The Labute approximate surface area is 154 Å². The number of amides is 2. The number of rotatable bonds is 6. The van der Waals surface area contributed by atoms with E-state index >= 15 is 0 Å². The Morgan fingerprint density at radius 2 is 1.85 bits per heavy atom. The maximum absolute atomic E-state index is 12.1. The molecule has 0 aliphatic carbocycles. The summed E-state index contributed by atoms with van der Waals surface area (Å²) in [5, 5.41) is 5.72. The number of hydrogen-bond donors (Lipinski definition) is 2. The predicted octanol–water partition coefficient (Wildman–Crippen LogP) is 2.88. The van der Waals surface area contributed by atoms with Crippen LogP contribution < -0.4 is 20.1 Å². The number of nitrogens with one attached hydrogen (secondary N) is 2. The van der Waals surface area contributed by atoms with E-state index in [0.29, 0.717) is 23.7 Å². The van der Waals surface area contributed by atoms with Gasteiger partial charge in [0, 0.05) is 37.9 Å². The van der Waals surface area contributed by atoms with Gasteiger partial charge in [-0.1, -0.05) is 24.3 Å². The number of anilines is 1. The van der Waals surface area contributed by atoms with Crippen LogP contribution in [0.4, 0.5) is 10.5 Å². The minimum Gasteiger partial charge on any atom is -0.493 e. The van der Waals surface area contributed by atoms with Crippen molar-refractivity contribution in [3.8, 4) is 11.5 Å². The summed E-state index contributed by atoms with van der Waals surface area (Å²) >= 11 is 0. The first kappa shape index (κ1) is 18.1. The third kappa shape index (κ3) is 4.46. The summed E-state index contributed by atoms with van der Waals surface area (Å²) in [7, 11) is 3.15. The molecule has 0 spiro atoms. The Morgan fingerprint density at radius 1 is 1.08 bits per heavy atom. The van der Waals surface area contributed by atoms with Gasteiger partial charge in [0.05, 0.1) is 14.2 Å². The first-order valence-corrected chi connectivity index (χ1v) is 8.75. The first-order valence-electron chi connectivity index (χ1n) is 8.75. The fraction of sp³-hybridized carbons (Fsp3) is 0.350. The third-order valence-corrected chi connectivity index (χ3v) is 4.56. The normalized spacial score (nSPS) is 13.6. The molecule has 0 saturated carbocycles. The Morgan fingerprint density at radius 3 is 2.62 bits per heavy atom. The standard InChI is InChI=1S/C20H25N3O3/c1-25-18-8-7-17(13-19(18)26-2)22-20(24)21-10-12-23-11-9-15-5-3-4-6-16(15)14-23/h3-8,13H,9-12,14H2,1-2H3,(H2,21,22,24). The summed E-state index contributed by atoms with van der Waals surface area (Å²) in [4.78, 5) is 14.5. The van der Waals surface area contributed by atoms with E-state index in [1.165, 1.54) is 11.1 Å². The van der Waals surface area contributed by atoms with Gasteiger partial charge in [0.15, 0.2) is 11.5 Å². The third-order valence-electron chi connectivity index (χ3n) is 4.56. The van der Waals surface area contributed by atoms with Gasteiger partial charge in [0.1, 0.15) is 0 Å². The quantitative estimate of drug-likeness (QED) is 0.836. The van der Waals surface area contributed by atoms with Crippen molar-refractivity contribution >= 4 is 11.7 Å². The van der Waals surface area contributed by atoms with Crippen molar-refractivity contribution in [2.45, 2.75) is 13.0 Å². The Hall–Kier alpha value is -2.73. The second-order valence-electron chi connectivity index (χ2n) is 6.25. The van der Waals surface area contributed by atoms with E-state index < -0.39 is 0 Å². The molecule has 1 heterocycles. The average molecular weight is 355 g/mol. The molecule has 0 fully saturated rings. The van der Waals surface area contributed by atoms with Crippen LogP contribution in [0.3, 0.4) is 0 Å². The van der Waals surface area contributed by atoms with Crippen LogP contribution >= 0.6 is 0 Å². The smallest absolute Gasteiger partial charge is 0.319 e. The maximum Gasteiger partial charge on any atom is 0.319 e. The van der Waals surface area contributed by atoms with Crippen molar-refractivity contribution in [3.63, 3.8) is 0 Å². The van der Waals surface area contributed by atoms with Crippen LogP contribution in [0.2, 0.25) is 0 Å². The molecule has 2 aromatic rings. The second kappa shape index (κ2) is 8.58. The SMILES string of the molecule is COc1ccc(NC(=O)NCCN2CCc3ccccc3C2)cc1OC. The molecule has 0 unspecified atom stereocenters. The van der Waals surface area contributed by atoms with E-state index in [9.17, 15) is 4.79 Å². The fourth-order valence-electron chi connectivity index (χ4n) is 3.16. The van der Waals surface area contributed by atoms with Crippen LogP contribution in [0, 0.1) is 0 Å². The molecule has 0 bridgehead atoms. The molecule has 3 rings (SSSR count). The molecule has 6 nitrogen and oxygen atoms in total. The number of fused-ring (bicyclic) bond motifs is 1. The van der Waals surface area contributed by atoms with Gasteiger partial charge in [-0.15, -0.1) is 0 Å². The number of carbonyl (C=O) groups is 1. The Bertz CT molecular complexity index is 764. The first-order chi connectivity index (χ1) is 12.7. The molecule has 2 N–H and O–H groups in total. The van der Waals surface area contributed by atoms with Gasteiger partial charge < -0.3 is 20.1 Å². The molecular weight excluding hydrogens is 330 g/mol. The highest BCUT2D eigenvalue weighted by Gasteiger charge is 2.15. The summed E-state index contributed by atoms with van der Waals surface area (Å²) in [6.45, 7) is 3.39. The number of hydrogen-bond acceptors (Lipinski definition) is 4. The Kier molecular flexibility index (Phi) is 5.96. The minimum atomic E-state index is -0.227. The number of methoxy groups -OCH3 is 2. The van der Waals surface area contributed by atoms with Crippen LogP contribution in [0.25, 0.3) is 0 Å². The number of ether oxygens (including phenoxy) is 2. The summed E-state index contributed by atoms with van der Waals surface area (Å²) in [5.74, 6) is 1.21. The summed E-state index contributed by atoms with van der Waals surface area (Å²) in [6, 6.07) is 13.6. The van der Waals surface area contributed by atoms with Crippen LogP contribution in [0.5, 0.6) is 11.5 Å². The van der Waals surface area contributed by atoms with Crippen LogP contribution in [-0.2, 0) is 13.0 Å². The van der Waals surface area contributed by atoms with Crippen molar-refractivity contribution in [2.24, 2.45) is 0 Å². The van der Waals surface area contributed by atoms with Crippen LogP contribution in [0.1, 0.15) is 11.1 Å².